The molecule has 8 aromatic carbocycles. The average molecular weight is 1000 g/mol. The summed E-state index contributed by atoms with van der Waals surface area (Å²) in [6.07, 6.45) is 3.99. The number of para-hydroxylation sites is 4. The fourth-order valence-electron chi connectivity index (χ4n) is 11.7. The van der Waals surface area contributed by atoms with E-state index in [-0.39, 0.29) is 56.5 Å². The van der Waals surface area contributed by atoms with Crippen LogP contribution in [0.4, 0.5) is 22.7 Å². The average Bonchev–Trinajstić information content (AvgIpc) is 4.07. The van der Waals surface area contributed by atoms with Crippen LogP contribution in [0.25, 0.3) is 61.0 Å². The predicted octanol–water partition coefficient (Wildman–Crippen LogP) is 19.5. The van der Waals surface area contributed by atoms with Crippen molar-refractivity contribution in [1.29, 1.82) is 0 Å². The minimum Gasteiger partial charge on any atom is -0.457 e. The van der Waals surface area contributed by atoms with Crippen LogP contribution in [0.5, 0.6) is 11.5 Å². The van der Waals surface area contributed by atoms with Gasteiger partial charge in [-0.1, -0.05) is 184 Å². The van der Waals surface area contributed by atoms with Crippen molar-refractivity contribution in [2.24, 2.45) is 0 Å². The molecule has 1 aliphatic carbocycles. The maximum absolute atomic E-state index is 10.1. The van der Waals surface area contributed by atoms with Gasteiger partial charge in [0.05, 0.1) is 32.2 Å². The fraction of sp³-hybridized carbons (Fsp3) is 0.254. The molecule has 2 aromatic heterocycles. The number of aromatic nitrogens is 2. The third-order valence-corrected chi connectivity index (χ3v) is 16.2. The standard InChI is InChI=1S/C71H70N4O/c1-46-40-48(28-33-55(46)47-26-30-50(31-27-47)68(2,3)4)56-21-17-22-57(49-29-35-60-61(41-49)71(10,11)38-37-70(60,8)9)67(56)74-45-73(63-24-14-15-25-64(63)74)52-18-16-19-53(43-52)76-54-32-34-59-58-20-12-13-23-62(58)75(65(59)44-54)66-42-51(36-39-72-66)69(5,6)7/h12-36,39-44H,37-38,45H2,1-11H3/i1D3,28D,33D,40D. The molecule has 5 heteroatoms. The van der Waals surface area contributed by atoms with Gasteiger partial charge in [0, 0.05) is 50.0 Å². The molecule has 0 fully saturated rings. The normalized spacial score (nSPS) is 16.3. The number of rotatable bonds is 8. The zero-order valence-electron chi connectivity index (χ0n) is 51.5. The summed E-state index contributed by atoms with van der Waals surface area (Å²) in [4.78, 5) is 9.37. The van der Waals surface area contributed by atoms with E-state index in [1.165, 1.54) is 16.7 Å². The van der Waals surface area contributed by atoms with E-state index in [2.05, 4.69) is 181 Å². The van der Waals surface area contributed by atoms with Gasteiger partial charge in [-0.25, -0.2) is 4.98 Å². The fourth-order valence-corrected chi connectivity index (χ4v) is 11.7. The van der Waals surface area contributed by atoms with Crippen molar-refractivity contribution in [2.45, 2.75) is 111 Å². The lowest BCUT2D eigenvalue weighted by molar-refractivity contribution is 0.332. The third-order valence-electron chi connectivity index (χ3n) is 16.2. The highest BCUT2D eigenvalue weighted by atomic mass is 16.5. The smallest absolute Gasteiger partial charge is 0.137 e. The van der Waals surface area contributed by atoms with Crippen LogP contribution in [0.3, 0.4) is 0 Å². The summed E-state index contributed by atoms with van der Waals surface area (Å²) >= 11 is 0. The van der Waals surface area contributed by atoms with Crippen LogP contribution in [-0.4, -0.2) is 16.2 Å². The predicted molar refractivity (Wildman–Crippen MR) is 321 cm³/mol. The third kappa shape index (κ3) is 8.64. The molecular weight excluding hydrogens is 925 g/mol. The van der Waals surface area contributed by atoms with Crippen molar-refractivity contribution in [3.8, 4) is 50.7 Å². The van der Waals surface area contributed by atoms with Gasteiger partial charge >= 0.3 is 0 Å². The molecule has 0 N–H and O–H groups in total. The molecule has 380 valence electrons. The monoisotopic (exact) mass is 1000 g/mol. The van der Waals surface area contributed by atoms with E-state index in [9.17, 15) is 4.11 Å². The molecule has 5 nitrogen and oxygen atoms in total. The summed E-state index contributed by atoms with van der Waals surface area (Å²) < 4.78 is 65.8. The van der Waals surface area contributed by atoms with E-state index in [0.29, 0.717) is 35.0 Å². The molecule has 76 heavy (non-hydrogen) atoms. The molecule has 0 atom stereocenters. The highest BCUT2D eigenvalue weighted by Gasteiger charge is 2.38. The van der Waals surface area contributed by atoms with Crippen molar-refractivity contribution in [1.82, 2.24) is 9.55 Å². The maximum atomic E-state index is 10.1. The Morgan fingerprint density at radius 3 is 1.95 bits per heavy atom. The lowest BCUT2D eigenvalue weighted by atomic mass is 9.63. The van der Waals surface area contributed by atoms with Crippen molar-refractivity contribution in [2.75, 3.05) is 16.5 Å². The zero-order chi connectivity index (χ0) is 58.0. The minimum atomic E-state index is -2.79. The van der Waals surface area contributed by atoms with Crippen molar-refractivity contribution >= 4 is 44.6 Å². The SMILES string of the molecule is [2H]c1c([2H])c(-c2ccc(C(C)(C)C)cc2)c(C([2H])([2H])[2H])c([2H])c1-c1cccc(-c2ccc3c(c2)C(C)(C)CCC3(C)C)c1N1CN(c2cccc(Oc3ccc4c5ccccc5n(-c5cc(C(C)(C)C)ccn5)c4c3)c2)c2ccccc21. The quantitative estimate of drug-likeness (QED) is 0.152. The van der Waals surface area contributed by atoms with Crippen LogP contribution in [0.15, 0.2) is 188 Å². The molecule has 0 bridgehead atoms. The number of pyridine rings is 1. The summed E-state index contributed by atoms with van der Waals surface area (Å²) in [6.45, 7) is 19.8. The number of ether oxygens (including phenoxy) is 1. The number of benzene rings is 8. The molecule has 0 amide bonds. The van der Waals surface area contributed by atoms with Crippen LogP contribution >= 0.6 is 0 Å². The lowest BCUT2D eigenvalue weighted by Gasteiger charge is -2.42. The lowest BCUT2D eigenvalue weighted by Crippen LogP contribution is -2.33. The van der Waals surface area contributed by atoms with E-state index in [1.54, 1.807) is 0 Å². The van der Waals surface area contributed by atoms with Gasteiger partial charge in [-0.3, -0.25) is 4.57 Å². The van der Waals surface area contributed by atoms with Gasteiger partial charge in [-0.2, -0.15) is 0 Å². The number of hydrogen-bond acceptors (Lipinski definition) is 4. The van der Waals surface area contributed by atoms with E-state index in [0.717, 1.165) is 74.2 Å². The summed E-state index contributed by atoms with van der Waals surface area (Å²) in [5, 5.41) is 2.23. The summed E-state index contributed by atoms with van der Waals surface area (Å²) in [7, 11) is 0. The number of hydrogen-bond donors (Lipinski definition) is 0. The number of anilines is 4. The molecule has 0 spiro atoms. The molecule has 0 saturated heterocycles. The highest BCUT2D eigenvalue weighted by molar-refractivity contribution is 6.09. The van der Waals surface area contributed by atoms with Crippen LogP contribution in [0.1, 0.15) is 118 Å². The zero-order valence-corrected chi connectivity index (χ0v) is 45.5. The van der Waals surface area contributed by atoms with E-state index in [4.69, 9.17) is 13.8 Å². The molecule has 10 aromatic rings. The first-order valence-corrected chi connectivity index (χ1v) is 26.8. The Labute approximate surface area is 458 Å². The Morgan fingerprint density at radius 1 is 0.539 bits per heavy atom. The largest absolute Gasteiger partial charge is 0.457 e. The molecule has 1 aliphatic heterocycles. The van der Waals surface area contributed by atoms with Crippen LogP contribution in [-0.2, 0) is 21.7 Å². The maximum Gasteiger partial charge on any atom is 0.137 e. The van der Waals surface area contributed by atoms with Crippen molar-refractivity contribution in [3.63, 3.8) is 0 Å². The van der Waals surface area contributed by atoms with Gasteiger partial charge < -0.3 is 14.5 Å². The Bertz CT molecular complexity index is 4180. The molecule has 12 rings (SSSR count). The second kappa shape index (κ2) is 18.2. The summed E-state index contributed by atoms with van der Waals surface area (Å²) in [5.74, 6) is 2.17. The second-order valence-electron chi connectivity index (χ2n) is 24.3. The van der Waals surface area contributed by atoms with Gasteiger partial charge in [-0.05, 0) is 146 Å². The van der Waals surface area contributed by atoms with Gasteiger partial charge in [-0.15, -0.1) is 0 Å². The Hall–Kier alpha value is -7.89. The summed E-state index contributed by atoms with van der Waals surface area (Å²) in [6, 6.07) is 54.8. The van der Waals surface area contributed by atoms with Gasteiger partial charge in [0.2, 0.25) is 0 Å². The van der Waals surface area contributed by atoms with Crippen molar-refractivity contribution in [3.05, 3.63) is 216 Å². The van der Waals surface area contributed by atoms with E-state index >= 15 is 0 Å². The Kier molecular flexibility index (Phi) is 10.1. The van der Waals surface area contributed by atoms with Gasteiger partial charge in [0.25, 0.3) is 0 Å². The van der Waals surface area contributed by atoms with Crippen LogP contribution in [0, 0.1) is 6.85 Å². The van der Waals surface area contributed by atoms with E-state index in [1.807, 2.05) is 72.9 Å². The first-order valence-electron chi connectivity index (χ1n) is 29.8. The molecular formula is C71H70N4O. The number of fused-ring (bicyclic) bond motifs is 5. The topological polar surface area (TPSA) is 33.5 Å². The van der Waals surface area contributed by atoms with Crippen molar-refractivity contribution < 1.29 is 13.0 Å². The van der Waals surface area contributed by atoms with Crippen LogP contribution < -0.4 is 14.5 Å². The van der Waals surface area contributed by atoms with E-state index < -0.39 is 6.85 Å². The first kappa shape index (κ1) is 42.3. The molecule has 2 aliphatic rings. The Morgan fingerprint density at radius 2 is 1.20 bits per heavy atom. The first-order chi connectivity index (χ1) is 38.8. The molecule has 0 saturated carbocycles. The van der Waals surface area contributed by atoms with Gasteiger partial charge in [0.15, 0.2) is 0 Å². The molecule has 0 radical (unpaired) electrons. The molecule has 3 heterocycles. The summed E-state index contributed by atoms with van der Waals surface area (Å²) in [5.41, 5.74) is 12.7. The number of nitrogens with zero attached hydrogens (tertiary/aromatic N) is 4. The van der Waals surface area contributed by atoms with Crippen LogP contribution in [0.2, 0.25) is 0 Å². The minimum absolute atomic E-state index is 0.0190. The van der Waals surface area contributed by atoms with Gasteiger partial charge in [0.1, 0.15) is 24.0 Å². The highest BCUT2D eigenvalue weighted by Crippen LogP contribution is 2.53. The molecule has 0 unspecified atom stereocenters. The second-order valence-corrected chi connectivity index (χ2v) is 24.3. The Balaban J connectivity index is 0.999.